The minimum Gasteiger partial charge on any atom is -0.387 e. The standard InChI is InChI=1S/C12H24O9P2/c1-4-18-22(15,19-5-2)9-7-10(13)12(14)11(8-9)21-23(16,17)20-6-3/h7,10-14H,4-6,8H2,1-3H3,(H,16,17)/t10-,11+,12+/m1/s1. The van der Waals surface area contributed by atoms with E-state index in [0.717, 1.165) is 0 Å². The first-order valence-electron chi connectivity index (χ1n) is 7.31. The smallest absolute Gasteiger partial charge is 0.387 e. The molecule has 1 unspecified atom stereocenters. The van der Waals surface area contributed by atoms with Crippen molar-refractivity contribution in [1.29, 1.82) is 0 Å². The maximum atomic E-state index is 12.7. The van der Waals surface area contributed by atoms with E-state index in [1.165, 1.54) is 13.0 Å². The van der Waals surface area contributed by atoms with Gasteiger partial charge in [0.2, 0.25) is 0 Å². The summed E-state index contributed by atoms with van der Waals surface area (Å²) in [7, 11) is -8.08. The van der Waals surface area contributed by atoms with Crippen LogP contribution in [0.15, 0.2) is 11.4 Å². The van der Waals surface area contributed by atoms with E-state index in [0.29, 0.717) is 0 Å². The number of aliphatic hydroxyl groups is 2. The van der Waals surface area contributed by atoms with Gasteiger partial charge in [-0.05, 0) is 26.8 Å². The highest BCUT2D eigenvalue weighted by Crippen LogP contribution is 2.60. The number of aliphatic hydroxyl groups excluding tert-OH is 2. The van der Waals surface area contributed by atoms with E-state index >= 15 is 0 Å². The van der Waals surface area contributed by atoms with Gasteiger partial charge < -0.3 is 24.2 Å². The topological polar surface area (TPSA) is 132 Å². The van der Waals surface area contributed by atoms with E-state index in [1.807, 2.05) is 0 Å². The summed E-state index contributed by atoms with van der Waals surface area (Å²) in [5.41, 5.74) is 0. The molecule has 0 radical (unpaired) electrons. The average Bonchev–Trinajstić information content (AvgIpc) is 2.43. The molecule has 4 atom stereocenters. The second kappa shape index (κ2) is 8.85. The van der Waals surface area contributed by atoms with Crippen LogP contribution in [0.1, 0.15) is 27.2 Å². The van der Waals surface area contributed by atoms with Gasteiger partial charge in [-0.15, -0.1) is 0 Å². The van der Waals surface area contributed by atoms with Crippen LogP contribution in [0.25, 0.3) is 0 Å². The molecule has 11 heteroatoms. The zero-order valence-electron chi connectivity index (χ0n) is 13.3. The summed E-state index contributed by atoms with van der Waals surface area (Å²) < 4.78 is 44.3. The molecule has 0 saturated carbocycles. The van der Waals surface area contributed by atoms with Gasteiger partial charge in [-0.2, -0.15) is 0 Å². The Kier molecular flexibility index (Phi) is 8.07. The Morgan fingerprint density at radius 2 is 1.61 bits per heavy atom. The molecule has 136 valence electrons. The summed E-state index contributed by atoms with van der Waals surface area (Å²) in [5, 5.41) is 19.9. The minimum absolute atomic E-state index is 0.0712. The van der Waals surface area contributed by atoms with Crippen LogP contribution >= 0.6 is 15.4 Å². The predicted molar refractivity (Wildman–Crippen MR) is 81.9 cm³/mol. The summed E-state index contributed by atoms with van der Waals surface area (Å²) in [6.45, 7) is 4.91. The maximum absolute atomic E-state index is 12.7. The Bertz CT molecular complexity index is 497. The zero-order valence-corrected chi connectivity index (χ0v) is 15.1. The van der Waals surface area contributed by atoms with Crippen molar-refractivity contribution in [2.24, 2.45) is 0 Å². The molecule has 0 fully saturated rings. The van der Waals surface area contributed by atoms with Gasteiger partial charge in [0.1, 0.15) is 18.3 Å². The van der Waals surface area contributed by atoms with Gasteiger partial charge in [-0.1, -0.05) is 0 Å². The fourth-order valence-corrected chi connectivity index (χ4v) is 4.87. The third kappa shape index (κ3) is 5.74. The number of rotatable bonds is 9. The number of phosphoric acid groups is 1. The Balaban J connectivity index is 3.02. The van der Waals surface area contributed by atoms with Crippen molar-refractivity contribution in [3.8, 4) is 0 Å². The van der Waals surface area contributed by atoms with Gasteiger partial charge in [-0.3, -0.25) is 13.6 Å². The Morgan fingerprint density at radius 3 is 2.09 bits per heavy atom. The molecule has 0 amide bonds. The van der Waals surface area contributed by atoms with Crippen LogP contribution in [0, 0.1) is 0 Å². The first kappa shape index (κ1) is 21.0. The van der Waals surface area contributed by atoms with Crippen molar-refractivity contribution in [2.45, 2.75) is 45.5 Å². The SMILES string of the molecule is CCOP(=O)(O)O[C@H]1CC(P(=O)(OCC)OCC)=C[C@@H](O)[C@@H]1O. The molecule has 0 spiro atoms. The number of phosphoric ester groups is 1. The maximum Gasteiger partial charge on any atom is 0.472 e. The second-order valence-corrected chi connectivity index (χ2v) is 8.20. The third-order valence-electron chi connectivity index (χ3n) is 3.02. The number of hydrogen-bond donors (Lipinski definition) is 3. The van der Waals surface area contributed by atoms with Gasteiger partial charge in [0.05, 0.1) is 19.8 Å². The average molecular weight is 374 g/mol. The summed E-state index contributed by atoms with van der Waals surface area (Å²) in [5.74, 6) is 0. The van der Waals surface area contributed by atoms with Crippen molar-refractivity contribution < 1.29 is 42.3 Å². The fraction of sp³-hybridized carbons (Fsp3) is 0.833. The van der Waals surface area contributed by atoms with E-state index in [-0.39, 0.29) is 31.6 Å². The summed E-state index contributed by atoms with van der Waals surface area (Å²) in [6.07, 6.45) is -3.25. The Morgan fingerprint density at radius 1 is 1.09 bits per heavy atom. The van der Waals surface area contributed by atoms with E-state index in [2.05, 4.69) is 4.52 Å². The van der Waals surface area contributed by atoms with Crippen LogP contribution in [-0.2, 0) is 27.2 Å². The summed E-state index contributed by atoms with van der Waals surface area (Å²) in [6, 6.07) is 0. The first-order chi connectivity index (χ1) is 10.7. The van der Waals surface area contributed by atoms with Gasteiger partial charge in [0.25, 0.3) is 0 Å². The van der Waals surface area contributed by atoms with E-state index < -0.39 is 33.7 Å². The highest BCUT2D eigenvalue weighted by atomic mass is 31.2. The largest absolute Gasteiger partial charge is 0.472 e. The predicted octanol–water partition coefficient (Wildman–Crippen LogP) is 1.78. The normalized spacial score (nSPS) is 28.3. The molecule has 3 N–H and O–H groups in total. The molecule has 0 aliphatic heterocycles. The van der Waals surface area contributed by atoms with Gasteiger partial charge >= 0.3 is 15.4 Å². The van der Waals surface area contributed by atoms with Crippen LogP contribution < -0.4 is 0 Å². The van der Waals surface area contributed by atoms with E-state index in [1.54, 1.807) is 13.8 Å². The van der Waals surface area contributed by atoms with Gasteiger partial charge in [0, 0.05) is 11.7 Å². The lowest BCUT2D eigenvalue weighted by molar-refractivity contribution is -0.0475. The summed E-state index contributed by atoms with van der Waals surface area (Å²) >= 11 is 0. The van der Waals surface area contributed by atoms with Crippen LogP contribution in [-0.4, -0.2) is 53.2 Å². The highest BCUT2D eigenvalue weighted by Gasteiger charge is 2.42. The van der Waals surface area contributed by atoms with Crippen molar-refractivity contribution >= 4 is 15.4 Å². The molecule has 1 rings (SSSR count). The van der Waals surface area contributed by atoms with Crippen LogP contribution in [0.4, 0.5) is 0 Å². The van der Waals surface area contributed by atoms with Crippen molar-refractivity contribution in [3.05, 3.63) is 11.4 Å². The molecule has 0 aromatic rings. The molecule has 0 aromatic heterocycles. The monoisotopic (exact) mass is 374 g/mol. The van der Waals surface area contributed by atoms with E-state index in [9.17, 15) is 24.2 Å². The lowest BCUT2D eigenvalue weighted by Gasteiger charge is -2.33. The quantitative estimate of drug-likeness (QED) is 0.517. The van der Waals surface area contributed by atoms with Crippen molar-refractivity contribution in [2.75, 3.05) is 19.8 Å². The molecule has 1 aliphatic rings. The molecule has 0 aromatic carbocycles. The third-order valence-corrected chi connectivity index (χ3v) is 6.37. The number of hydrogen-bond acceptors (Lipinski definition) is 8. The van der Waals surface area contributed by atoms with Gasteiger partial charge in [-0.25, -0.2) is 4.57 Å². The Labute approximate surface area is 135 Å². The van der Waals surface area contributed by atoms with Gasteiger partial charge in [0.15, 0.2) is 0 Å². The molecular formula is C12H24O9P2. The molecule has 23 heavy (non-hydrogen) atoms. The molecule has 1 aliphatic carbocycles. The second-order valence-electron chi connectivity index (χ2n) is 4.71. The van der Waals surface area contributed by atoms with Crippen molar-refractivity contribution in [1.82, 2.24) is 0 Å². The zero-order chi connectivity index (χ0) is 17.7. The lowest BCUT2D eigenvalue weighted by Crippen LogP contribution is -2.41. The lowest BCUT2D eigenvalue weighted by atomic mass is 9.99. The summed E-state index contributed by atoms with van der Waals surface area (Å²) in [4.78, 5) is 9.53. The minimum atomic E-state index is -4.40. The molecule has 0 heterocycles. The molecule has 9 nitrogen and oxygen atoms in total. The van der Waals surface area contributed by atoms with Crippen LogP contribution in [0.3, 0.4) is 0 Å². The fourth-order valence-electron chi connectivity index (χ4n) is 2.12. The molecular weight excluding hydrogens is 350 g/mol. The van der Waals surface area contributed by atoms with Crippen LogP contribution in [0.5, 0.6) is 0 Å². The first-order valence-corrected chi connectivity index (χ1v) is 10.3. The van der Waals surface area contributed by atoms with Crippen molar-refractivity contribution in [3.63, 3.8) is 0 Å². The van der Waals surface area contributed by atoms with E-state index in [4.69, 9.17) is 13.6 Å². The Hall–Kier alpha value is -0.0800. The molecule has 0 bridgehead atoms. The van der Waals surface area contributed by atoms with Crippen LogP contribution in [0.2, 0.25) is 0 Å². The molecule has 0 saturated heterocycles. The highest BCUT2D eigenvalue weighted by molar-refractivity contribution is 7.58.